The fourth-order valence-electron chi connectivity index (χ4n) is 2.41. The lowest BCUT2D eigenvalue weighted by molar-refractivity contribution is 1.34. The third-order valence-electron chi connectivity index (χ3n) is 3.34. The molecular weight excluding hydrogens is 236 g/mol. The molecule has 0 bridgehead atoms. The Morgan fingerprint density at radius 3 is 2.28 bits per heavy atom. The zero-order valence-electron chi connectivity index (χ0n) is 10.2. The molecule has 0 aliphatic carbocycles. The maximum absolute atomic E-state index is 4.59. The highest BCUT2D eigenvalue weighted by Gasteiger charge is 2.09. The van der Waals surface area contributed by atoms with Gasteiger partial charge in [0.1, 0.15) is 0 Å². The molecule has 0 amide bonds. The molecule has 0 saturated heterocycles. The second-order valence-corrected chi connectivity index (χ2v) is 4.96. The Morgan fingerprint density at radius 2 is 1.50 bits per heavy atom. The van der Waals surface area contributed by atoms with Crippen LogP contribution in [-0.2, 0) is 0 Å². The van der Waals surface area contributed by atoms with E-state index in [2.05, 4.69) is 74.1 Å². The summed E-state index contributed by atoms with van der Waals surface area (Å²) in [5.41, 5.74) is 3.78. The quantitative estimate of drug-likeness (QED) is 0.570. The van der Waals surface area contributed by atoms with Gasteiger partial charge in [0.25, 0.3) is 0 Å². The lowest BCUT2D eigenvalue weighted by Crippen LogP contribution is -1.88. The molecule has 0 aliphatic rings. The van der Waals surface area contributed by atoms with Crippen molar-refractivity contribution in [1.29, 1.82) is 0 Å². The normalized spacial score (nSPS) is 10.8. The average molecular weight is 250 g/mol. The summed E-state index contributed by atoms with van der Waals surface area (Å²) in [4.78, 5) is 1.05. The topological polar surface area (TPSA) is 0 Å². The first kappa shape index (κ1) is 11.4. The molecule has 0 aliphatic heterocycles. The molecule has 3 aromatic rings. The number of hydrogen-bond donors (Lipinski definition) is 1. The second-order valence-electron chi connectivity index (χ2n) is 4.48. The Balaban J connectivity index is 2.43. The Labute approximate surface area is 113 Å². The van der Waals surface area contributed by atoms with Crippen molar-refractivity contribution in [3.8, 4) is 11.1 Å². The third-order valence-corrected chi connectivity index (χ3v) is 3.81. The molecule has 0 heterocycles. The van der Waals surface area contributed by atoms with Gasteiger partial charge in [-0.15, -0.1) is 12.6 Å². The predicted molar refractivity (Wildman–Crippen MR) is 81.4 cm³/mol. The average Bonchev–Trinajstić information content (AvgIpc) is 2.41. The highest BCUT2D eigenvalue weighted by Crippen LogP contribution is 2.35. The van der Waals surface area contributed by atoms with Crippen LogP contribution in [0, 0.1) is 6.92 Å². The van der Waals surface area contributed by atoms with Crippen molar-refractivity contribution in [2.45, 2.75) is 11.8 Å². The van der Waals surface area contributed by atoms with Gasteiger partial charge in [0.2, 0.25) is 0 Å². The molecule has 0 nitrogen and oxygen atoms in total. The van der Waals surface area contributed by atoms with E-state index in [-0.39, 0.29) is 0 Å². The van der Waals surface area contributed by atoms with E-state index in [1.807, 2.05) is 6.07 Å². The van der Waals surface area contributed by atoms with Crippen LogP contribution in [0.25, 0.3) is 21.9 Å². The fraction of sp³-hybridized carbons (Fsp3) is 0.0588. The maximum Gasteiger partial charge on any atom is 0.00818 e. The fourth-order valence-corrected chi connectivity index (χ4v) is 2.66. The molecule has 0 N–H and O–H groups in total. The van der Waals surface area contributed by atoms with E-state index in [9.17, 15) is 0 Å². The molecule has 88 valence electrons. The van der Waals surface area contributed by atoms with Gasteiger partial charge in [0.05, 0.1) is 0 Å². The van der Waals surface area contributed by atoms with Crippen LogP contribution in [0.4, 0.5) is 0 Å². The van der Waals surface area contributed by atoms with Gasteiger partial charge in [0.15, 0.2) is 0 Å². The van der Waals surface area contributed by atoms with Crippen molar-refractivity contribution < 1.29 is 0 Å². The Bertz CT molecular complexity index is 699. The van der Waals surface area contributed by atoms with Crippen LogP contribution in [0.3, 0.4) is 0 Å². The van der Waals surface area contributed by atoms with Crippen molar-refractivity contribution >= 4 is 23.4 Å². The first-order valence-corrected chi connectivity index (χ1v) is 6.49. The minimum Gasteiger partial charge on any atom is -0.143 e. The lowest BCUT2D eigenvalue weighted by Gasteiger charge is -2.13. The van der Waals surface area contributed by atoms with Crippen molar-refractivity contribution in [2.24, 2.45) is 0 Å². The van der Waals surface area contributed by atoms with Crippen LogP contribution < -0.4 is 0 Å². The van der Waals surface area contributed by atoms with Crippen molar-refractivity contribution in [3.05, 3.63) is 66.2 Å². The van der Waals surface area contributed by atoms with Crippen LogP contribution in [0.5, 0.6) is 0 Å². The van der Waals surface area contributed by atoms with Crippen molar-refractivity contribution in [2.75, 3.05) is 0 Å². The summed E-state index contributed by atoms with van der Waals surface area (Å²) >= 11 is 4.59. The van der Waals surface area contributed by atoms with Crippen LogP contribution in [0.15, 0.2) is 65.6 Å². The van der Waals surface area contributed by atoms with E-state index in [1.165, 1.54) is 27.5 Å². The molecule has 0 radical (unpaired) electrons. The van der Waals surface area contributed by atoms with Gasteiger partial charge in [-0.25, -0.2) is 0 Å². The number of hydrogen-bond acceptors (Lipinski definition) is 1. The van der Waals surface area contributed by atoms with Crippen LogP contribution in [-0.4, -0.2) is 0 Å². The number of rotatable bonds is 1. The summed E-state index contributed by atoms with van der Waals surface area (Å²) in [5.74, 6) is 0. The summed E-state index contributed by atoms with van der Waals surface area (Å²) in [6, 6.07) is 21.1. The standard InChI is InChI=1S/C17H14S/c1-12-16(18)11-14-9-5-6-10-15(14)17(12)13-7-3-2-4-8-13/h2-11,18H,1H3. The number of benzene rings is 3. The van der Waals surface area contributed by atoms with Gasteiger partial charge < -0.3 is 0 Å². The third kappa shape index (κ3) is 1.81. The van der Waals surface area contributed by atoms with Gasteiger partial charge >= 0.3 is 0 Å². The molecule has 0 atom stereocenters. The Morgan fingerprint density at radius 1 is 0.833 bits per heavy atom. The smallest absolute Gasteiger partial charge is 0.00818 e. The molecule has 0 saturated carbocycles. The van der Waals surface area contributed by atoms with E-state index in [4.69, 9.17) is 0 Å². The monoisotopic (exact) mass is 250 g/mol. The minimum atomic E-state index is 1.05. The van der Waals surface area contributed by atoms with Crippen molar-refractivity contribution in [1.82, 2.24) is 0 Å². The van der Waals surface area contributed by atoms with E-state index < -0.39 is 0 Å². The lowest BCUT2D eigenvalue weighted by atomic mass is 9.94. The molecule has 0 unspecified atom stereocenters. The van der Waals surface area contributed by atoms with Crippen molar-refractivity contribution in [3.63, 3.8) is 0 Å². The van der Waals surface area contributed by atoms with E-state index in [0.29, 0.717) is 0 Å². The molecular formula is C17H14S. The molecule has 1 heteroatoms. The molecule has 3 rings (SSSR count). The van der Waals surface area contributed by atoms with Crippen LogP contribution in [0.1, 0.15) is 5.56 Å². The summed E-state index contributed by atoms with van der Waals surface area (Å²) in [6.45, 7) is 2.14. The van der Waals surface area contributed by atoms with Crippen LogP contribution >= 0.6 is 12.6 Å². The zero-order valence-corrected chi connectivity index (χ0v) is 11.1. The van der Waals surface area contributed by atoms with Gasteiger partial charge in [-0.2, -0.15) is 0 Å². The molecule has 3 aromatic carbocycles. The number of thiol groups is 1. The summed E-state index contributed by atoms with van der Waals surface area (Å²) in [6.07, 6.45) is 0. The van der Waals surface area contributed by atoms with Gasteiger partial charge in [0, 0.05) is 4.90 Å². The minimum absolute atomic E-state index is 1.05. The Hall–Kier alpha value is -1.73. The van der Waals surface area contributed by atoms with Gasteiger partial charge in [-0.05, 0) is 40.5 Å². The predicted octanol–water partition coefficient (Wildman–Crippen LogP) is 5.10. The van der Waals surface area contributed by atoms with Gasteiger partial charge in [-0.1, -0.05) is 54.6 Å². The number of fused-ring (bicyclic) bond motifs is 1. The van der Waals surface area contributed by atoms with E-state index >= 15 is 0 Å². The largest absolute Gasteiger partial charge is 0.143 e. The summed E-state index contributed by atoms with van der Waals surface area (Å²) < 4.78 is 0. The SMILES string of the molecule is Cc1c(S)cc2ccccc2c1-c1ccccc1. The summed E-state index contributed by atoms with van der Waals surface area (Å²) in [5, 5.41) is 2.53. The van der Waals surface area contributed by atoms with Gasteiger partial charge in [-0.3, -0.25) is 0 Å². The summed E-state index contributed by atoms with van der Waals surface area (Å²) in [7, 11) is 0. The van der Waals surface area contributed by atoms with E-state index in [0.717, 1.165) is 4.90 Å². The molecule has 18 heavy (non-hydrogen) atoms. The highest BCUT2D eigenvalue weighted by atomic mass is 32.1. The zero-order chi connectivity index (χ0) is 12.5. The molecule has 0 aromatic heterocycles. The highest BCUT2D eigenvalue weighted by molar-refractivity contribution is 7.80. The first-order chi connectivity index (χ1) is 8.77. The Kier molecular flexibility index (Phi) is 2.85. The second kappa shape index (κ2) is 4.51. The first-order valence-electron chi connectivity index (χ1n) is 6.04. The molecule has 0 fully saturated rings. The van der Waals surface area contributed by atoms with E-state index in [1.54, 1.807) is 0 Å². The maximum atomic E-state index is 4.59. The molecule has 0 spiro atoms. The van der Waals surface area contributed by atoms with Crippen LogP contribution in [0.2, 0.25) is 0 Å².